The molecule has 0 saturated heterocycles. The van der Waals surface area contributed by atoms with Crippen molar-refractivity contribution in [2.24, 2.45) is 0 Å². The molecule has 0 bridgehead atoms. The quantitative estimate of drug-likeness (QED) is 0.718. The fraction of sp³-hybridized carbons (Fsp3) is 0.0833. The maximum atomic E-state index is 13.1. The molecule has 0 saturated carbocycles. The smallest absolute Gasteiger partial charge is 0.304 e. The third kappa shape index (κ3) is 2.04. The zero-order valence-corrected chi connectivity index (χ0v) is 9.82. The number of nitrogens with one attached hydrogen (secondary N) is 2. The van der Waals surface area contributed by atoms with Crippen molar-refractivity contribution in [3.8, 4) is 11.1 Å². The predicted molar refractivity (Wildman–Crippen MR) is 64.9 cm³/mol. The second kappa shape index (κ2) is 4.19. The molecule has 0 aliphatic carbocycles. The molecule has 0 atom stereocenters. The molecule has 3 aromatic rings. The van der Waals surface area contributed by atoms with Gasteiger partial charge < -0.3 is 4.98 Å². The Hall–Kier alpha value is -2.64. The van der Waals surface area contributed by atoms with E-state index in [0.29, 0.717) is 5.56 Å². The molecule has 0 amide bonds. The van der Waals surface area contributed by atoms with E-state index < -0.39 is 17.6 Å². The van der Waals surface area contributed by atoms with E-state index in [4.69, 9.17) is 0 Å². The van der Waals surface area contributed by atoms with Crippen LogP contribution in [0.3, 0.4) is 0 Å². The number of alkyl halides is 3. The molecule has 20 heavy (non-hydrogen) atoms. The third-order valence-corrected chi connectivity index (χ3v) is 2.76. The second-order valence-electron chi connectivity index (χ2n) is 4.09. The number of rotatable bonds is 1. The van der Waals surface area contributed by atoms with E-state index in [1.807, 2.05) is 0 Å². The monoisotopic (exact) mass is 280 g/mol. The standard InChI is InChI=1S/C12H7F3N4O/c13-12(14,15)9-7(6-1-3-16-4-2-6)5-8-10(18-9)19-11(20)17-8/h1-5H,(H2,17,18,19,20). The Balaban J connectivity index is 2.36. The summed E-state index contributed by atoms with van der Waals surface area (Å²) < 4.78 is 39.3. The molecule has 0 fully saturated rings. The minimum absolute atomic E-state index is 0.109. The Kier molecular flexibility index (Phi) is 2.60. The van der Waals surface area contributed by atoms with Gasteiger partial charge in [-0.05, 0) is 23.8 Å². The summed E-state index contributed by atoms with van der Waals surface area (Å²) in [5, 5.41) is 0. The Morgan fingerprint density at radius 2 is 1.80 bits per heavy atom. The Bertz CT molecular complexity index is 820. The van der Waals surface area contributed by atoms with Gasteiger partial charge in [-0.25, -0.2) is 9.78 Å². The van der Waals surface area contributed by atoms with Gasteiger partial charge in [-0.2, -0.15) is 13.2 Å². The normalized spacial score (nSPS) is 11.9. The Morgan fingerprint density at radius 1 is 1.10 bits per heavy atom. The molecule has 8 heteroatoms. The van der Waals surface area contributed by atoms with Crippen LogP contribution in [0.5, 0.6) is 0 Å². The van der Waals surface area contributed by atoms with E-state index in [-0.39, 0.29) is 16.7 Å². The van der Waals surface area contributed by atoms with Crippen molar-refractivity contribution in [1.29, 1.82) is 0 Å². The van der Waals surface area contributed by atoms with Gasteiger partial charge in [-0.3, -0.25) is 9.97 Å². The zero-order valence-electron chi connectivity index (χ0n) is 9.82. The number of H-pyrrole nitrogens is 2. The first-order valence-electron chi connectivity index (χ1n) is 5.56. The zero-order chi connectivity index (χ0) is 14.3. The summed E-state index contributed by atoms with van der Waals surface area (Å²) in [7, 11) is 0. The maximum absolute atomic E-state index is 13.1. The van der Waals surface area contributed by atoms with Crippen LogP contribution in [0.2, 0.25) is 0 Å². The molecule has 0 spiro atoms. The van der Waals surface area contributed by atoms with Crippen molar-refractivity contribution in [2.45, 2.75) is 6.18 Å². The number of pyridine rings is 2. The highest BCUT2D eigenvalue weighted by Gasteiger charge is 2.36. The number of aromatic amines is 2. The van der Waals surface area contributed by atoms with Crippen molar-refractivity contribution < 1.29 is 13.2 Å². The average Bonchev–Trinajstić information content (AvgIpc) is 2.76. The molecule has 102 valence electrons. The largest absolute Gasteiger partial charge is 0.434 e. The first kappa shape index (κ1) is 12.4. The van der Waals surface area contributed by atoms with Crippen LogP contribution in [0.15, 0.2) is 35.4 Å². The van der Waals surface area contributed by atoms with Gasteiger partial charge in [0.05, 0.1) is 5.52 Å². The number of nitrogens with zero attached hydrogens (tertiary/aromatic N) is 2. The van der Waals surface area contributed by atoms with Gasteiger partial charge in [0.15, 0.2) is 11.3 Å². The van der Waals surface area contributed by atoms with Gasteiger partial charge in [-0.15, -0.1) is 0 Å². The van der Waals surface area contributed by atoms with Crippen LogP contribution in [0.1, 0.15) is 5.69 Å². The molecule has 3 aromatic heterocycles. The lowest BCUT2D eigenvalue weighted by atomic mass is 10.0. The van der Waals surface area contributed by atoms with Crippen LogP contribution >= 0.6 is 0 Å². The fourth-order valence-electron chi connectivity index (χ4n) is 1.93. The molecule has 3 rings (SSSR count). The fourth-order valence-corrected chi connectivity index (χ4v) is 1.93. The molecule has 5 nitrogen and oxygen atoms in total. The molecule has 3 heterocycles. The minimum Gasteiger partial charge on any atom is -0.304 e. The summed E-state index contributed by atoms with van der Waals surface area (Å²) in [6.07, 6.45) is -1.85. The first-order valence-corrected chi connectivity index (χ1v) is 5.56. The van der Waals surface area contributed by atoms with Crippen LogP contribution in [0.25, 0.3) is 22.3 Å². The highest BCUT2D eigenvalue weighted by atomic mass is 19.4. The average molecular weight is 280 g/mol. The summed E-state index contributed by atoms with van der Waals surface area (Å²) in [5.74, 6) is 0. The molecular formula is C12H7F3N4O. The molecule has 0 aromatic carbocycles. The van der Waals surface area contributed by atoms with Gasteiger partial charge in [0.2, 0.25) is 0 Å². The van der Waals surface area contributed by atoms with E-state index in [1.165, 1.54) is 30.6 Å². The van der Waals surface area contributed by atoms with E-state index >= 15 is 0 Å². The van der Waals surface area contributed by atoms with Crippen molar-refractivity contribution >= 4 is 11.2 Å². The van der Waals surface area contributed by atoms with Crippen LogP contribution in [0.4, 0.5) is 13.2 Å². The minimum atomic E-state index is -4.62. The lowest BCUT2D eigenvalue weighted by molar-refractivity contribution is -0.140. The second-order valence-corrected chi connectivity index (χ2v) is 4.09. The lowest BCUT2D eigenvalue weighted by Crippen LogP contribution is -2.10. The highest BCUT2D eigenvalue weighted by molar-refractivity contribution is 5.79. The van der Waals surface area contributed by atoms with E-state index in [9.17, 15) is 18.0 Å². The summed E-state index contributed by atoms with van der Waals surface area (Å²) in [4.78, 5) is 23.0. The van der Waals surface area contributed by atoms with Crippen LogP contribution < -0.4 is 5.69 Å². The molecule has 0 unspecified atom stereocenters. The van der Waals surface area contributed by atoms with Gasteiger partial charge in [0.25, 0.3) is 0 Å². The van der Waals surface area contributed by atoms with Crippen LogP contribution in [-0.4, -0.2) is 19.9 Å². The third-order valence-electron chi connectivity index (χ3n) is 2.76. The highest BCUT2D eigenvalue weighted by Crippen LogP contribution is 2.36. The number of imidazole rings is 1. The lowest BCUT2D eigenvalue weighted by Gasteiger charge is -2.11. The van der Waals surface area contributed by atoms with Crippen molar-refractivity contribution in [2.75, 3.05) is 0 Å². The van der Waals surface area contributed by atoms with Gasteiger partial charge in [0.1, 0.15) is 0 Å². The van der Waals surface area contributed by atoms with E-state index in [0.717, 1.165) is 0 Å². The number of fused-ring (bicyclic) bond motifs is 1. The van der Waals surface area contributed by atoms with Crippen molar-refractivity contribution in [3.63, 3.8) is 0 Å². The van der Waals surface area contributed by atoms with E-state index in [1.54, 1.807) is 0 Å². The summed E-state index contributed by atoms with van der Waals surface area (Å²) in [6.45, 7) is 0. The number of halogens is 3. The summed E-state index contributed by atoms with van der Waals surface area (Å²) in [5.41, 5.74) is -1.35. The number of hydrogen-bond acceptors (Lipinski definition) is 3. The van der Waals surface area contributed by atoms with Gasteiger partial charge >= 0.3 is 11.9 Å². The molecular weight excluding hydrogens is 273 g/mol. The number of hydrogen-bond donors (Lipinski definition) is 2. The topological polar surface area (TPSA) is 74.4 Å². The molecule has 0 radical (unpaired) electrons. The van der Waals surface area contributed by atoms with Crippen molar-refractivity contribution in [1.82, 2.24) is 19.9 Å². The Morgan fingerprint density at radius 3 is 2.45 bits per heavy atom. The van der Waals surface area contributed by atoms with Crippen molar-refractivity contribution in [3.05, 3.63) is 46.8 Å². The van der Waals surface area contributed by atoms with Gasteiger partial charge in [-0.1, -0.05) is 0 Å². The Labute approximate surface area is 109 Å². The summed E-state index contributed by atoms with van der Waals surface area (Å²) in [6, 6.07) is 4.14. The molecule has 0 aliphatic heterocycles. The van der Waals surface area contributed by atoms with Crippen LogP contribution in [0, 0.1) is 0 Å². The molecule has 2 N–H and O–H groups in total. The van der Waals surface area contributed by atoms with E-state index in [2.05, 4.69) is 19.9 Å². The SMILES string of the molecule is O=c1[nH]c2cc(-c3ccncc3)c(C(F)(F)F)nc2[nH]1. The predicted octanol–water partition coefficient (Wildman–Crippen LogP) is 2.33. The first-order chi connectivity index (χ1) is 9.45. The van der Waals surface area contributed by atoms with Gasteiger partial charge in [0, 0.05) is 18.0 Å². The summed E-state index contributed by atoms with van der Waals surface area (Å²) >= 11 is 0. The number of aromatic nitrogens is 4. The van der Waals surface area contributed by atoms with Crippen LogP contribution in [-0.2, 0) is 6.18 Å². The molecule has 0 aliphatic rings. The maximum Gasteiger partial charge on any atom is 0.434 e.